The van der Waals surface area contributed by atoms with Gasteiger partial charge in [0.1, 0.15) is 11.5 Å². The molecular formula is C38H50F4N8O. The molecule has 2 heterocycles. The van der Waals surface area contributed by atoms with Gasteiger partial charge in [0.05, 0.1) is 24.5 Å². The van der Waals surface area contributed by atoms with E-state index >= 15 is 0 Å². The number of aromatic amines is 1. The van der Waals surface area contributed by atoms with Crippen LogP contribution >= 0.6 is 0 Å². The van der Waals surface area contributed by atoms with Gasteiger partial charge in [-0.15, -0.1) is 0 Å². The van der Waals surface area contributed by atoms with Crippen molar-refractivity contribution in [3.63, 3.8) is 0 Å². The molecule has 1 aliphatic rings. The van der Waals surface area contributed by atoms with Gasteiger partial charge in [-0.1, -0.05) is 25.5 Å². The van der Waals surface area contributed by atoms with Gasteiger partial charge < -0.3 is 22.2 Å². The monoisotopic (exact) mass is 710 g/mol. The molecule has 1 saturated carbocycles. The SMILES string of the molecule is CCCC(c1ccc(-n2cc3cc(-c4cc(CCCC(N)C5CC5)cc(C(F)(F)F)c4)[nH]c3nc2=O)cc1)N(CCCF)CCCN=C(N)CN. The normalized spacial score (nSPS) is 15.2. The van der Waals surface area contributed by atoms with Gasteiger partial charge in [0.2, 0.25) is 0 Å². The molecule has 4 aromatic rings. The number of hydrogen-bond donors (Lipinski definition) is 4. The second-order valence-electron chi connectivity index (χ2n) is 13.6. The van der Waals surface area contributed by atoms with Gasteiger partial charge in [-0.05, 0) is 110 Å². The first-order valence-corrected chi connectivity index (χ1v) is 18.0. The van der Waals surface area contributed by atoms with Crippen LogP contribution in [0.15, 0.2) is 64.5 Å². The predicted molar refractivity (Wildman–Crippen MR) is 196 cm³/mol. The number of halogens is 4. The van der Waals surface area contributed by atoms with Crippen LogP contribution in [-0.2, 0) is 12.6 Å². The summed E-state index contributed by atoms with van der Waals surface area (Å²) in [6.45, 7) is 3.76. The molecule has 1 fully saturated rings. The fraction of sp³-hybridized carbons (Fsp3) is 0.500. The third-order valence-corrected chi connectivity index (χ3v) is 9.63. The van der Waals surface area contributed by atoms with Crippen molar-refractivity contribution in [2.24, 2.45) is 28.1 Å². The molecule has 2 unspecified atom stereocenters. The zero-order valence-corrected chi connectivity index (χ0v) is 29.3. The number of hydrogen-bond acceptors (Lipinski definition) is 6. The van der Waals surface area contributed by atoms with Gasteiger partial charge in [0.25, 0.3) is 0 Å². The smallest absolute Gasteiger partial charge is 0.386 e. The van der Waals surface area contributed by atoms with E-state index < -0.39 is 24.1 Å². The van der Waals surface area contributed by atoms with E-state index in [4.69, 9.17) is 17.2 Å². The number of aliphatic imine (C=N–C) groups is 1. The predicted octanol–water partition coefficient (Wildman–Crippen LogP) is 6.67. The Morgan fingerprint density at radius 3 is 2.49 bits per heavy atom. The van der Waals surface area contributed by atoms with Crippen LogP contribution in [0.4, 0.5) is 17.6 Å². The van der Waals surface area contributed by atoms with Crippen LogP contribution in [0.2, 0.25) is 0 Å². The fourth-order valence-corrected chi connectivity index (χ4v) is 6.73. The van der Waals surface area contributed by atoms with Crippen molar-refractivity contribution in [3.8, 4) is 16.9 Å². The van der Waals surface area contributed by atoms with Crippen molar-refractivity contribution < 1.29 is 17.6 Å². The van der Waals surface area contributed by atoms with Crippen LogP contribution in [0.25, 0.3) is 28.0 Å². The number of rotatable bonds is 19. The summed E-state index contributed by atoms with van der Waals surface area (Å²) < 4.78 is 56.5. The summed E-state index contributed by atoms with van der Waals surface area (Å²) >= 11 is 0. The van der Waals surface area contributed by atoms with Crippen molar-refractivity contribution in [1.29, 1.82) is 0 Å². The lowest BCUT2D eigenvalue weighted by Gasteiger charge is -2.32. The minimum atomic E-state index is -4.51. The molecule has 0 amide bonds. The molecule has 7 N–H and O–H groups in total. The first-order valence-electron chi connectivity index (χ1n) is 18.0. The number of aryl methyl sites for hydroxylation is 1. The molecule has 2 aromatic carbocycles. The highest BCUT2D eigenvalue weighted by Gasteiger charge is 2.32. The molecule has 2 aromatic heterocycles. The molecular weight excluding hydrogens is 660 g/mol. The molecule has 2 atom stereocenters. The van der Waals surface area contributed by atoms with Gasteiger partial charge in [-0.25, -0.2) is 4.79 Å². The van der Waals surface area contributed by atoms with E-state index in [1.807, 2.05) is 24.3 Å². The van der Waals surface area contributed by atoms with Crippen LogP contribution in [0.3, 0.4) is 0 Å². The summed E-state index contributed by atoms with van der Waals surface area (Å²) in [4.78, 5) is 27.1. The number of amidine groups is 1. The maximum atomic E-state index is 13.9. The Morgan fingerprint density at radius 2 is 1.82 bits per heavy atom. The average molecular weight is 711 g/mol. The number of nitrogens with one attached hydrogen (secondary N) is 1. The summed E-state index contributed by atoms with van der Waals surface area (Å²) in [7, 11) is 0. The molecule has 0 spiro atoms. The Balaban J connectivity index is 1.38. The second-order valence-corrected chi connectivity index (χ2v) is 13.6. The number of nitrogens with two attached hydrogens (primary N) is 3. The van der Waals surface area contributed by atoms with E-state index in [0.717, 1.165) is 50.2 Å². The Bertz CT molecular complexity index is 1810. The van der Waals surface area contributed by atoms with Crippen LogP contribution in [0.1, 0.15) is 81.0 Å². The number of benzene rings is 2. The summed E-state index contributed by atoms with van der Waals surface area (Å²) in [6.07, 6.45) is 4.33. The van der Waals surface area contributed by atoms with Crippen LogP contribution in [-0.4, -0.2) is 64.2 Å². The lowest BCUT2D eigenvalue weighted by atomic mass is 9.98. The molecule has 0 saturated heterocycles. The second kappa shape index (κ2) is 17.4. The van der Waals surface area contributed by atoms with E-state index in [2.05, 4.69) is 26.8 Å². The number of nitrogens with zero attached hydrogens (tertiary/aromatic N) is 4. The Morgan fingerprint density at radius 1 is 1.08 bits per heavy atom. The first kappa shape index (κ1) is 38.2. The summed E-state index contributed by atoms with van der Waals surface area (Å²) in [5.41, 5.74) is 19.6. The van der Waals surface area contributed by atoms with Gasteiger partial charge in [-0.2, -0.15) is 18.2 Å². The lowest BCUT2D eigenvalue weighted by Crippen LogP contribution is -2.32. The van der Waals surface area contributed by atoms with Gasteiger partial charge in [0.15, 0.2) is 0 Å². The lowest BCUT2D eigenvalue weighted by molar-refractivity contribution is -0.137. The number of fused-ring (bicyclic) bond motifs is 1. The zero-order valence-electron chi connectivity index (χ0n) is 29.3. The molecule has 276 valence electrons. The Hall–Kier alpha value is -4.07. The van der Waals surface area contributed by atoms with Gasteiger partial charge >= 0.3 is 11.9 Å². The van der Waals surface area contributed by atoms with Crippen molar-refractivity contribution in [2.45, 2.75) is 83.0 Å². The van der Waals surface area contributed by atoms with E-state index in [1.165, 1.54) is 10.6 Å². The third-order valence-electron chi connectivity index (χ3n) is 9.63. The molecule has 1 aliphatic carbocycles. The van der Waals surface area contributed by atoms with Crippen molar-refractivity contribution in [1.82, 2.24) is 19.4 Å². The fourth-order valence-electron chi connectivity index (χ4n) is 6.73. The molecule has 51 heavy (non-hydrogen) atoms. The molecule has 0 aliphatic heterocycles. The zero-order chi connectivity index (χ0) is 36.5. The largest absolute Gasteiger partial charge is 0.416 e. The minimum Gasteiger partial charge on any atom is -0.386 e. The minimum absolute atomic E-state index is 0.0447. The van der Waals surface area contributed by atoms with E-state index in [-0.39, 0.29) is 18.6 Å². The molecule has 5 rings (SSSR count). The molecule has 9 nitrogen and oxygen atoms in total. The quantitative estimate of drug-likeness (QED) is 0.0371. The number of alkyl halides is 4. The average Bonchev–Trinajstić information content (AvgIpc) is 3.89. The van der Waals surface area contributed by atoms with Crippen LogP contribution in [0, 0.1) is 5.92 Å². The third kappa shape index (κ3) is 10.3. The maximum Gasteiger partial charge on any atom is 0.416 e. The number of aromatic nitrogens is 3. The summed E-state index contributed by atoms with van der Waals surface area (Å²) in [6, 6.07) is 13.6. The van der Waals surface area contributed by atoms with Crippen molar-refractivity contribution >= 4 is 16.9 Å². The van der Waals surface area contributed by atoms with E-state index in [9.17, 15) is 22.4 Å². The maximum absolute atomic E-state index is 13.9. The van der Waals surface area contributed by atoms with Gasteiger partial charge in [0, 0.05) is 49.0 Å². The molecule has 0 radical (unpaired) electrons. The highest BCUT2D eigenvalue weighted by Crippen LogP contribution is 2.36. The highest BCUT2D eigenvalue weighted by molar-refractivity contribution is 5.83. The molecule has 0 bridgehead atoms. The van der Waals surface area contributed by atoms with Crippen molar-refractivity contribution in [2.75, 3.05) is 32.9 Å². The van der Waals surface area contributed by atoms with E-state index in [0.29, 0.717) is 84.2 Å². The van der Waals surface area contributed by atoms with Gasteiger partial charge in [-0.3, -0.25) is 18.8 Å². The Labute approximate surface area is 296 Å². The van der Waals surface area contributed by atoms with E-state index in [1.54, 1.807) is 18.3 Å². The Kier molecular flexibility index (Phi) is 13.0. The highest BCUT2D eigenvalue weighted by atomic mass is 19.4. The summed E-state index contributed by atoms with van der Waals surface area (Å²) in [5.74, 6) is 0.947. The number of H-pyrrole nitrogens is 1. The standard InChI is InChI=1S/C38H50F4N8O/c1-2-6-34(49(17-4-15-39)18-5-16-46-35(45)23-43)27-11-13-31(14-12-27)50-24-29-22-33(47-36(29)48-37(50)51)28-19-25(20-30(21-28)38(40,41)42)7-3-8-32(44)26-9-10-26/h11-14,19-22,24,26,32,34H,2-10,15-18,23,43-44H2,1H3,(H2,45,46)(H,47,48,51). The molecule has 13 heteroatoms. The van der Waals surface area contributed by atoms with Crippen LogP contribution < -0.4 is 22.9 Å². The first-order chi connectivity index (χ1) is 24.5. The van der Waals surface area contributed by atoms with Crippen molar-refractivity contribution in [3.05, 3.63) is 81.9 Å². The van der Waals surface area contributed by atoms with Crippen LogP contribution in [0.5, 0.6) is 0 Å². The summed E-state index contributed by atoms with van der Waals surface area (Å²) in [5, 5.41) is 0.585. The topological polar surface area (TPSA) is 144 Å².